The Morgan fingerprint density at radius 3 is 2.29 bits per heavy atom. The van der Waals surface area contributed by atoms with Gasteiger partial charge in [0.2, 0.25) is 5.91 Å². The van der Waals surface area contributed by atoms with E-state index in [1.54, 1.807) is 16.7 Å². The first-order chi connectivity index (χ1) is 19.9. The number of hydrogen-bond acceptors (Lipinski definition) is 8. The summed E-state index contributed by atoms with van der Waals surface area (Å²) < 4.78 is 56.3. The number of amides is 1. The summed E-state index contributed by atoms with van der Waals surface area (Å²) in [5, 5.41) is 2.91. The first-order valence-electron chi connectivity index (χ1n) is 12.7. The van der Waals surface area contributed by atoms with Crippen LogP contribution in [0.4, 0.5) is 18.9 Å². The summed E-state index contributed by atoms with van der Waals surface area (Å²) in [5.74, 6) is 0.0661. The van der Waals surface area contributed by atoms with Crippen molar-refractivity contribution in [1.29, 1.82) is 0 Å². The van der Waals surface area contributed by atoms with Crippen LogP contribution in [0.1, 0.15) is 19.4 Å². The molecule has 1 N–H and O–H groups in total. The summed E-state index contributed by atoms with van der Waals surface area (Å²) in [5.41, 5.74) is 0.247. The lowest BCUT2D eigenvalue weighted by atomic mass is 10.2. The second-order valence-electron chi connectivity index (χ2n) is 8.91. The molecular formula is C27H28F3N5O6S. The zero-order valence-electron chi connectivity index (χ0n) is 23.2. The van der Waals surface area contributed by atoms with Crippen molar-refractivity contribution < 1.29 is 32.2 Å². The number of halogens is 3. The number of nitrogens with one attached hydrogen (secondary N) is 1. The minimum absolute atomic E-state index is 0.147. The van der Waals surface area contributed by atoms with E-state index in [1.165, 1.54) is 30.8 Å². The molecule has 2 heterocycles. The predicted octanol–water partition coefficient (Wildman–Crippen LogP) is 3.91. The molecule has 0 radical (unpaired) electrons. The van der Waals surface area contributed by atoms with Gasteiger partial charge in [-0.1, -0.05) is 17.8 Å². The molecule has 4 aromatic rings. The molecule has 0 atom stereocenters. The van der Waals surface area contributed by atoms with E-state index in [0.29, 0.717) is 29.9 Å². The third kappa shape index (κ3) is 6.90. The minimum atomic E-state index is -4.83. The van der Waals surface area contributed by atoms with E-state index in [0.717, 1.165) is 34.0 Å². The van der Waals surface area contributed by atoms with Crippen LogP contribution in [0.2, 0.25) is 0 Å². The molecule has 42 heavy (non-hydrogen) atoms. The fraction of sp³-hybridized carbons (Fsp3) is 0.333. The maximum Gasteiger partial charge on any atom is 0.573 e. The molecule has 1 amide bonds. The van der Waals surface area contributed by atoms with Gasteiger partial charge in [0.15, 0.2) is 27.8 Å². The highest BCUT2D eigenvalue weighted by molar-refractivity contribution is 7.99. The van der Waals surface area contributed by atoms with Gasteiger partial charge in [0, 0.05) is 19.8 Å². The summed E-state index contributed by atoms with van der Waals surface area (Å²) >= 11 is 1.03. The third-order valence-corrected chi connectivity index (χ3v) is 6.94. The molecule has 11 nitrogen and oxygen atoms in total. The van der Waals surface area contributed by atoms with E-state index in [9.17, 15) is 27.6 Å². The van der Waals surface area contributed by atoms with Crippen LogP contribution in [0, 0.1) is 0 Å². The number of hydrogen-bond donors (Lipinski definition) is 1. The van der Waals surface area contributed by atoms with Crippen LogP contribution in [-0.4, -0.2) is 49.9 Å². The molecular weight excluding hydrogens is 579 g/mol. The van der Waals surface area contributed by atoms with Gasteiger partial charge in [-0.3, -0.25) is 18.7 Å². The molecule has 15 heteroatoms. The van der Waals surface area contributed by atoms with Crippen LogP contribution in [-0.2, 0) is 25.4 Å². The van der Waals surface area contributed by atoms with Crippen molar-refractivity contribution in [3.8, 4) is 17.2 Å². The number of nitrogens with zero attached hydrogens (tertiary/aromatic N) is 4. The zero-order valence-corrected chi connectivity index (χ0v) is 24.0. The van der Waals surface area contributed by atoms with E-state index in [4.69, 9.17) is 9.47 Å². The molecule has 0 aliphatic rings. The number of thioether (sulfide) groups is 1. The Morgan fingerprint density at radius 1 is 0.976 bits per heavy atom. The Morgan fingerprint density at radius 2 is 1.64 bits per heavy atom. The number of anilines is 1. The summed E-state index contributed by atoms with van der Waals surface area (Å²) in [6.45, 7) is 4.73. The number of aryl methyl sites for hydroxylation is 1. The molecule has 0 bridgehead atoms. The number of alkyl halides is 3. The number of ether oxygens (including phenoxy) is 3. The highest BCUT2D eigenvalue weighted by Crippen LogP contribution is 2.30. The Bertz CT molecular complexity index is 1710. The van der Waals surface area contributed by atoms with E-state index in [2.05, 4.69) is 15.0 Å². The van der Waals surface area contributed by atoms with Crippen LogP contribution in [0.3, 0.4) is 0 Å². The van der Waals surface area contributed by atoms with E-state index in [-0.39, 0.29) is 29.1 Å². The van der Waals surface area contributed by atoms with Crippen LogP contribution in [0.15, 0.2) is 57.2 Å². The maximum atomic E-state index is 13.2. The van der Waals surface area contributed by atoms with E-state index in [1.807, 2.05) is 19.9 Å². The molecule has 0 saturated heterocycles. The van der Waals surface area contributed by atoms with E-state index < -0.39 is 29.3 Å². The molecule has 2 aromatic carbocycles. The average molecular weight is 608 g/mol. The molecule has 4 rings (SSSR count). The second-order valence-corrected chi connectivity index (χ2v) is 9.86. The van der Waals surface area contributed by atoms with Gasteiger partial charge >= 0.3 is 12.1 Å². The van der Waals surface area contributed by atoms with Crippen molar-refractivity contribution in [2.24, 2.45) is 14.1 Å². The normalized spacial score (nSPS) is 11.5. The zero-order chi connectivity index (χ0) is 30.6. The van der Waals surface area contributed by atoms with Gasteiger partial charge < -0.3 is 24.1 Å². The quantitative estimate of drug-likeness (QED) is 0.255. The Balaban J connectivity index is 1.63. The van der Waals surface area contributed by atoms with Crippen molar-refractivity contribution in [3.63, 3.8) is 0 Å². The third-order valence-electron chi connectivity index (χ3n) is 5.97. The number of carbonyl (C=O) groups excluding carboxylic acids is 1. The molecule has 0 spiro atoms. The fourth-order valence-corrected chi connectivity index (χ4v) is 4.92. The number of imidazole rings is 1. The van der Waals surface area contributed by atoms with Gasteiger partial charge in [0.1, 0.15) is 5.75 Å². The summed E-state index contributed by atoms with van der Waals surface area (Å²) in [7, 11) is 2.87. The van der Waals surface area contributed by atoms with Crippen molar-refractivity contribution in [2.45, 2.75) is 31.9 Å². The Kier molecular flexibility index (Phi) is 9.19. The number of carbonyl (C=O) groups is 1. The summed E-state index contributed by atoms with van der Waals surface area (Å²) in [6.07, 6.45) is -4.83. The molecule has 224 valence electrons. The Hall–Kier alpha value is -4.40. The standard InChI is InChI=1S/C27H28F3N5O6S/c1-5-39-19-12-7-16(13-20(19)40-6-2)14-35-22-23(33(3)26(38)34(4)24(22)37)32-25(35)42-15-21(36)31-17-8-10-18(11-9-17)41-27(28,29)30/h7-13H,5-6,14-15H2,1-4H3,(H,31,36). The summed E-state index contributed by atoms with van der Waals surface area (Å²) in [4.78, 5) is 43.0. The van der Waals surface area contributed by atoms with Gasteiger partial charge in [-0.05, 0) is 55.8 Å². The van der Waals surface area contributed by atoms with Crippen LogP contribution < -0.4 is 30.8 Å². The molecule has 2 aromatic heterocycles. The van der Waals surface area contributed by atoms with Crippen LogP contribution in [0.5, 0.6) is 17.2 Å². The molecule has 0 fully saturated rings. The monoisotopic (exact) mass is 607 g/mol. The first kappa shape index (κ1) is 30.6. The average Bonchev–Trinajstić information content (AvgIpc) is 3.29. The van der Waals surface area contributed by atoms with Crippen molar-refractivity contribution in [3.05, 3.63) is 68.9 Å². The lowest BCUT2D eigenvalue weighted by Crippen LogP contribution is -2.37. The van der Waals surface area contributed by atoms with Gasteiger partial charge in [-0.2, -0.15) is 0 Å². The largest absolute Gasteiger partial charge is 0.573 e. The van der Waals surface area contributed by atoms with Gasteiger partial charge in [0.25, 0.3) is 5.56 Å². The number of rotatable bonds is 11. The highest BCUT2D eigenvalue weighted by Gasteiger charge is 2.31. The van der Waals surface area contributed by atoms with Gasteiger partial charge in [0.05, 0.1) is 25.5 Å². The SMILES string of the molecule is CCOc1ccc(Cn2c(SCC(=O)Nc3ccc(OC(F)(F)F)cc3)nc3c2c(=O)n(C)c(=O)n3C)cc1OCC. The van der Waals surface area contributed by atoms with E-state index >= 15 is 0 Å². The molecule has 0 aliphatic carbocycles. The lowest BCUT2D eigenvalue weighted by Gasteiger charge is -2.14. The number of benzene rings is 2. The highest BCUT2D eigenvalue weighted by atomic mass is 32.2. The second kappa shape index (κ2) is 12.6. The summed E-state index contributed by atoms with van der Waals surface area (Å²) in [6, 6.07) is 10.1. The van der Waals surface area contributed by atoms with Crippen LogP contribution in [0.25, 0.3) is 11.2 Å². The first-order valence-corrected chi connectivity index (χ1v) is 13.7. The Labute approximate surface area is 241 Å². The van der Waals surface area contributed by atoms with Crippen molar-refractivity contribution >= 4 is 34.5 Å². The number of aromatic nitrogens is 4. The fourth-order valence-electron chi connectivity index (χ4n) is 4.13. The maximum absolute atomic E-state index is 13.2. The smallest absolute Gasteiger partial charge is 0.490 e. The van der Waals surface area contributed by atoms with Crippen LogP contribution >= 0.6 is 11.8 Å². The van der Waals surface area contributed by atoms with Crippen molar-refractivity contribution in [2.75, 3.05) is 24.3 Å². The minimum Gasteiger partial charge on any atom is -0.490 e. The lowest BCUT2D eigenvalue weighted by molar-refractivity contribution is -0.274. The number of fused-ring (bicyclic) bond motifs is 1. The molecule has 0 unspecified atom stereocenters. The van der Waals surface area contributed by atoms with Gasteiger partial charge in [-0.15, -0.1) is 13.2 Å². The van der Waals surface area contributed by atoms with Crippen molar-refractivity contribution in [1.82, 2.24) is 18.7 Å². The topological polar surface area (TPSA) is 119 Å². The van der Waals surface area contributed by atoms with Gasteiger partial charge in [-0.25, -0.2) is 9.78 Å². The predicted molar refractivity (Wildman–Crippen MR) is 151 cm³/mol. The molecule has 0 saturated carbocycles. The molecule has 0 aliphatic heterocycles.